The van der Waals surface area contributed by atoms with E-state index in [1.807, 2.05) is 12.1 Å². The van der Waals surface area contributed by atoms with E-state index in [9.17, 15) is 0 Å². The molecule has 1 atom stereocenters. The molecule has 28 heavy (non-hydrogen) atoms. The number of ether oxygens (including phenoxy) is 3. The van der Waals surface area contributed by atoms with Crippen LogP contribution in [0.5, 0.6) is 17.2 Å². The summed E-state index contributed by atoms with van der Waals surface area (Å²) in [5.74, 6) is 2.05. The zero-order valence-corrected chi connectivity index (χ0v) is 18.1. The Morgan fingerprint density at radius 2 is 1.71 bits per heavy atom. The van der Waals surface area contributed by atoms with Crippen molar-refractivity contribution in [2.24, 2.45) is 0 Å². The van der Waals surface area contributed by atoms with Crippen molar-refractivity contribution in [2.75, 3.05) is 72.5 Å². The average Bonchev–Trinajstić information content (AvgIpc) is 2.75. The number of methoxy groups -OCH3 is 3. The summed E-state index contributed by atoms with van der Waals surface area (Å²) in [5, 5.41) is 0. The Hall–Kier alpha value is -1.66. The van der Waals surface area contributed by atoms with E-state index < -0.39 is 0 Å². The molecule has 0 radical (unpaired) electrons. The first kappa shape index (κ1) is 21.1. The normalized spacial score (nSPS) is 20.5. The Labute approximate surface area is 170 Å². The summed E-state index contributed by atoms with van der Waals surface area (Å²) in [6, 6.07) is 4.84. The van der Waals surface area contributed by atoms with Crippen molar-refractivity contribution in [3.05, 3.63) is 12.1 Å². The Bertz CT molecular complexity index is 600. The monoisotopic (exact) mass is 391 g/mol. The van der Waals surface area contributed by atoms with E-state index in [2.05, 4.69) is 21.7 Å². The van der Waals surface area contributed by atoms with Crippen LogP contribution in [-0.4, -0.2) is 83.5 Å². The van der Waals surface area contributed by atoms with Gasteiger partial charge in [0.25, 0.3) is 0 Å². The van der Waals surface area contributed by atoms with Gasteiger partial charge in [-0.2, -0.15) is 0 Å². The van der Waals surface area contributed by atoms with E-state index in [4.69, 9.17) is 14.2 Å². The number of unbranched alkanes of at least 4 members (excludes halogenated alkanes) is 1. The molecule has 2 aliphatic rings. The molecule has 6 heteroatoms. The lowest BCUT2D eigenvalue weighted by Crippen LogP contribution is -2.54. The first-order chi connectivity index (χ1) is 13.7. The van der Waals surface area contributed by atoms with Gasteiger partial charge in [-0.05, 0) is 38.8 Å². The second-order valence-corrected chi connectivity index (χ2v) is 8.00. The maximum atomic E-state index is 5.48. The molecule has 0 aromatic heterocycles. The molecule has 2 fully saturated rings. The summed E-state index contributed by atoms with van der Waals surface area (Å²) in [7, 11) is 7.08. The number of piperidine rings is 1. The minimum Gasteiger partial charge on any atom is -0.493 e. The maximum absolute atomic E-state index is 5.48. The van der Waals surface area contributed by atoms with Crippen LogP contribution in [0.3, 0.4) is 0 Å². The molecule has 2 saturated heterocycles. The summed E-state index contributed by atoms with van der Waals surface area (Å²) >= 11 is 0. The number of benzene rings is 1. The van der Waals surface area contributed by atoms with E-state index >= 15 is 0 Å². The highest BCUT2D eigenvalue weighted by Gasteiger charge is 2.28. The molecule has 0 amide bonds. The van der Waals surface area contributed by atoms with Crippen LogP contribution in [0.15, 0.2) is 12.1 Å². The zero-order chi connectivity index (χ0) is 19.9. The van der Waals surface area contributed by atoms with Gasteiger partial charge in [-0.25, -0.2) is 0 Å². The van der Waals surface area contributed by atoms with E-state index in [0.29, 0.717) is 17.2 Å². The molecule has 1 aromatic carbocycles. The Balaban J connectivity index is 1.46. The summed E-state index contributed by atoms with van der Waals surface area (Å²) in [4.78, 5) is 7.65. The number of piperazine rings is 1. The molecule has 1 aromatic rings. The summed E-state index contributed by atoms with van der Waals surface area (Å²) in [6.07, 6.45) is 6.61. The number of nitrogens with zero attached hydrogens (tertiary/aromatic N) is 3. The van der Waals surface area contributed by atoms with E-state index in [0.717, 1.165) is 18.3 Å². The molecule has 0 aliphatic carbocycles. The van der Waals surface area contributed by atoms with Crippen LogP contribution < -0.4 is 19.1 Å². The van der Waals surface area contributed by atoms with Crippen LogP contribution in [0.4, 0.5) is 5.69 Å². The first-order valence-electron chi connectivity index (χ1n) is 10.6. The third-order valence-electron chi connectivity index (χ3n) is 6.23. The highest BCUT2D eigenvalue weighted by Crippen LogP contribution is 2.40. The summed E-state index contributed by atoms with van der Waals surface area (Å²) in [5.41, 5.74) is 1.09. The topological polar surface area (TPSA) is 37.4 Å². The zero-order valence-electron chi connectivity index (χ0n) is 18.1. The number of anilines is 1. The molecule has 0 saturated carbocycles. The summed E-state index contributed by atoms with van der Waals surface area (Å²) in [6.45, 7) is 7.31. The van der Waals surface area contributed by atoms with Crippen LogP contribution in [0, 0.1) is 0 Å². The molecule has 3 rings (SSSR count). The van der Waals surface area contributed by atoms with Crippen LogP contribution in [-0.2, 0) is 0 Å². The molecular formula is C22H37N3O3. The summed E-state index contributed by atoms with van der Waals surface area (Å²) < 4.78 is 16.4. The van der Waals surface area contributed by atoms with Crippen molar-refractivity contribution in [3.8, 4) is 17.2 Å². The van der Waals surface area contributed by atoms with E-state index in [1.54, 1.807) is 21.3 Å². The molecule has 6 nitrogen and oxygen atoms in total. The van der Waals surface area contributed by atoms with Gasteiger partial charge in [-0.1, -0.05) is 6.42 Å². The van der Waals surface area contributed by atoms with Crippen molar-refractivity contribution in [2.45, 2.75) is 38.1 Å². The standard InChI is InChI=1S/C22H37N3O3/c1-23(19-15-20(26-2)22(28-4)21(16-19)27-3)10-7-8-11-24-13-14-25-12-6-5-9-18(25)17-24/h15-16,18H,5-14,17H2,1-4H3. The van der Waals surface area contributed by atoms with Crippen molar-refractivity contribution < 1.29 is 14.2 Å². The van der Waals surface area contributed by atoms with E-state index in [-0.39, 0.29) is 0 Å². The van der Waals surface area contributed by atoms with Crippen LogP contribution in [0.1, 0.15) is 32.1 Å². The highest BCUT2D eigenvalue weighted by molar-refractivity contribution is 5.63. The maximum Gasteiger partial charge on any atom is 0.203 e. The van der Waals surface area contributed by atoms with Gasteiger partial charge in [0.15, 0.2) is 11.5 Å². The van der Waals surface area contributed by atoms with Crippen LogP contribution >= 0.6 is 0 Å². The lowest BCUT2D eigenvalue weighted by atomic mass is 9.99. The lowest BCUT2D eigenvalue weighted by molar-refractivity contribution is 0.0488. The second kappa shape index (κ2) is 10.2. The first-order valence-corrected chi connectivity index (χ1v) is 10.6. The van der Waals surface area contributed by atoms with Gasteiger partial charge >= 0.3 is 0 Å². The van der Waals surface area contributed by atoms with Gasteiger partial charge in [0.2, 0.25) is 5.75 Å². The minimum atomic E-state index is 0.643. The minimum absolute atomic E-state index is 0.643. The molecule has 0 N–H and O–H groups in total. The Kier molecular flexibility index (Phi) is 7.68. The van der Waals surface area contributed by atoms with Gasteiger partial charge in [0, 0.05) is 57.1 Å². The molecule has 2 heterocycles. The fourth-order valence-electron chi connectivity index (χ4n) is 4.52. The predicted molar refractivity (Wildman–Crippen MR) is 114 cm³/mol. The third kappa shape index (κ3) is 5.03. The third-order valence-corrected chi connectivity index (χ3v) is 6.23. The van der Waals surface area contributed by atoms with E-state index in [1.165, 1.54) is 64.8 Å². The molecule has 2 aliphatic heterocycles. The van der Waals surface area contributed by atoms with Crippen LogP contribution in [0.2, 0.25) is 0 Å². The van der Waals surface area contributed by atoms with Crippen molar-refractivity contribution in [3.63, 3.8) is 0 Å². The van der Waals surface area contributed by atoms with Crippen LogP contribution in [0.25, 0.3) is 0 Å². The molecule has 0 spiro atoms. The van der Waals surface area contributed by atoms with Crippen molar-refractivity contribution in [1.29, 1.82) is 0 Å². The Morgan fingerprint density at radius 1 is 0.964 bits per heavy atom. The smallest absolute Gasteiger partial charge is 0.203 e. The average molecular weight is 392 g/mol. The lowest BCUT2D eigenvalue weighted by Gasteiger charge is -2.44. The number of hydrogen-bond acceptors (Lipinski definition) is 6. The van der Waals surface area contributed by atoms with Gasteiger partial charge < -0.3 is 24.0 Å². The number of hydrogen-bond donors (Lipinski definition) is 0. The molecule has 0 bridgehead atoms. The van der Waals surface area contributed by atoms with Gasteiger partial charge in [0.1, 0.15) is 0 Å². The van der Waals surface area contributed by atoms with Gasteiger partial charge in [-0.3, -0.25) is 4.90 Å². The second-order valence-electron chi connectivity index (χ2n) is 8.00. The molecule has 158 valence electrons. The number of fused-ring (bicyclic) bond motifs is 1. The number of rotatable bonds is 9. The Morgan fingerprint density at radius 3 is 2.39 bits per heavy atom. The fraction of sp³-hybridized carbons (Fsp3) is 0.727. The SMILES string of the molecule is COc1cc(N(C)CCCCN2CCN3CCCCC3C2)cc(OC)c1OC. The molecular weight excluding hydrogens is 354 g/mol. The fourth-order valence-corrected chi connectivity index (χ4v) is 4.52. The molecule has 1 unspecified atom stereocenters. The highest BCUT2D eigenvalue weighted by atomic mass is 16.5. The predicted octanol–water partition coefficient (Wildman–Crippen LogP) is 3.10. The van der Waals surface area contributed by atoms with Gasteiger partial charge in [-0.15, -0.1) is 0 Å². The van der Waals surface area contributed by atoms with Crippen molar-refractivity contribution in [1.82, 2.24) is 9.80 Å². The largest absolute Gasteiger partial charge is 0.493 e. The van der Waals surface area contributed by atoms with Gasteiger partial charge in [0.05, 0.1) is 21.3 Å². The quantitative estimate of drug-likeness (QED) is 0.602. The van der Waals surface area contributed by atoms with Crippen molar-refractivity contribution >= 4 is 5.69 Å².